The number of rotatable bonds is 2. The molecular weight excluding hydrogens is 436 g/mol. The SMILES string of the molecule is CC(=O)O[C@@H]1C=C(C)C(=O)[C@@]2(C)[C@@H]1CC(=O)[C@@]1(C3SCCCS3)C[C@@H]3OC(=O)C[C@@H]3[C@@H]21. The molecule has 6 nitrogen and oxygen atoms in total. The quantitative estimate of drug-likeness (QED) is 0.576. The van der Waals surface area contributed by atoms with Crippen LogP contribution in [0.5, 0.6) is 0 Å². The lowest BCUT2D eigenvalue weighted by Crippen LogP contribution is -2.64. The normalized spacial score (nSPS) is 44.8. The average Bonchev–Trinajstić information content (AvgIpc) is 3.23. The van der Waals surface area contributed by atoms with E-state index in [1.54, 1.807) is 13.0 Å². The maximum atomic E-state index is 14.0. The van der Waals surface area contributed by atoms with E-state index in [-0.39, 0.29) is 52.9 Å². The summed E-state index contributed by atoms with van der Waals surface area (Å²) in [7, 11) is 0. The second kappa shape index (κ2) is 7.37. The second-order valence-electron chi connectivity index (χ2n) is 9.81. The molecule has 0 unspecified atom stereocenters. The molecule has 0 aromatic carbocycles. The molecule has 4 fully saturated rings. The molecule has 0 amide bonds. The molecular formula is C23H28O6S2. The van der Waals surface area contributed by atoms with Crippen LogP contribution in [0, 0.1) is 28.6 Å². The Morgan fingerprint density at radius 3 is 2.58 bits per heavy atom. The van der Waals surface area contributed by atoms with Crippen molar-refractivity contribution in [2.75, 3.05) is 11.5 Å². The lowest BCUT2D eigenvalue weighted by molar-refractivity contribution is -0.171. The highest BCUT2D eigenvalue weighted by Gasteiger charge is 2.75. The van der Waals surface area contributed by atoms with Gasteiger partial charge in [0, 0.05) is 30.6 Å². The van der Waals surface area contributed by atoms with Gasteiger partial charge in [-0.15, -0.1) is 23.5 Å². The molecule has 2 saturated heterocycles. The van der Waals surface area contributed by atoms with Gasteiger partial charge in [-0.05, 0) is 48.8 Å². The van der Waals surface area contributed by atoms with E-state index in [9.17, 15) is 19.2 Å². The summed E-state index contributed by atoms with van der Waals surface area (Å²) in [5.41, 5.74) is -0.991. The highest BCUT2D eigenvalue weighted by Crippen LogP contribution is 2.70. The van der Waals surface area contributed by atoms with E-state index in [0.29, 0.717) is 12.0 Å². The maximum absolute atomic E-state index is 14.0. The molecule has 2 saturated carbocycles. The van der Waals surface area contributed by atoms with Crippen LogP contribution in [0.25, 0.3) is 0 Å². The Morgan fingerprint density at radius 1 is 1.19 bits per heavy atom. The molecule has 0 aromatic rings. The Hall–Kier alpha value is -1.28. The lowest BCUT2D eigenvalue weighted by atomic mass is 9.46. The van der Waals surface area contributed by atoms with Crippen LogP contribution in [-0.2, 0) is 28.7 Å². The maximum Gasteiger partial charge on any atom is 0.306 e. The first-order chi connectivity index (χ1) is 14.7. The highest BCUT2D eigenvalue weighted by atomic mass is 32.2. The van der Waals surface area contributed by atoms with Gasteiger partial charge >= 0.3 is 11.9 Å². The first-order valence-electron chi connectivity index (χ1n) is 11.1. The smallest absolute Gasteiger partial charge is 0.306 e. The number of ketones is 2. The Bertz CT molecular complexity index is 892. The molecule has 8 heteroatoms. The number of hydrogen-bond acceptors (Lipinski definition) is 8. The van der Waals surface area contributed by atoms with Gasteiger partial charge in [0.2, 0.25) is 0 Å². The van der Waals surface area contributed by atoms with Crippen LogP contribution in [-0.4, -0.2) is 51.8 Å². The van der Waals surface area contributed by atoms with Gasteiger partial charge in [-0.25, -0.2) is 0 Å². The van der Waals surface area contributed by atoms with E-state index < -0.39 is 28.8 Å². The van der Waals surface area contributed by atoms with Crippen molar-refractivity contribution in [3.63, 3.8) is 0 Å². The van der Waals surface area contributed by atoms with Gasteiger partial charge in [-0.3, -0.25) is 19.2 Å². The van der Waals surface area contributed by atoms with Gasteiger partial charge < -0.3 is 9.47 Å². The monoisotopic (exact) mass is 464 g/mol. The van der Waals surface area contributed by atoms with Crippen LogP contribution >= 0.6 is 23.5 Å². The van der Waals surface area contributed by atoms with E-state index in [0.717, 1.165) is 17.9 Å². The van der Waals surface area contributed by atoms with Crippen molar-refractivity contribution in [1.29, 1.82) is 0 Å². The van der Waals surface area contributed by atoms with Gasteiger partial charge in [0.25, 0.3) is 0 Å². The fourth-order valence-corrected chi connectivity index (χ4v) is 10.7. The third-order valence-corrected chi connectivity index (χ3v) is 11.5. The number of thioether (sulfide) groups is 2. The average molecular weight is 465 g/mol. The van der Waals surface area contributed by atoms with Crippen molar-refractivity contribution >= 4 is 47.0 Å². The van der Waals surface area contributed by atoms with Gasteiger partial charge in [-0.1, -0.05) is 6.92 Å². The van der Waals surface area contributed by atoms with Gasteiger partial charge in [0.1, 0.15) is 18.0 Å². The minimum Gasteiger partial charge on any atom is -0.462 e. The number of allylic oxidation sites excluding steroid dienone is 1. The molecule has 0 bridgehead atoms. The lowest BCUT2D eigenvalue weighted by Gasteiger charge is -2.58. The summed E-state index contributed by atoms with van der Waals surface area (Å²) in [5.74, 6) is 0.653. The van der Waals surface area contributed by atoms with Gasteiger partial charge in [0.15, 0.2) is 5.78 Å². The summed E-state index contributed by atoms with van der Waals surface area (Å²) in [6.45, 7) is 5.09. The van der Waals surface area contributed by atoms with Crippen molar-refractivity contribution in [2.45, 2.75) is 63.2 Å². The second-order valence-corrected chi connectivity index (χ2v) is 12.5. The van der Waals surface area contributed by atoms with Crippen molar-refractivity contribution < 1.29 is 28.7 Å². The van der Waals surface area contributed by atoms with E-state index in [4.69, 9.17) is 9.47 Å². The van der Waals surface area contributed by atoms with Gasteiger partial charge in [0.05, 0.1) is 16.4 Å². The summed E-state index contributed by atoms with van der Waals surface area (Å²) < 4.78 is 11.4. The molecule has 31 heavy (non-hydrogen) atoms. The minimum atomic E-state index is -0.876. The molecule has 0 aromatic heterocycles. The molecule has 0 spiro atoms. The fraction of sp³-hybridized carbons (Fsp3) is 0.739. The predicted octanol–water partition coefficient (Wildman–Crippen LogP) is 3.18. The van der Waals surface area contributed by atoms with Crippen LogP contribution in [0.15, 0.2) is 11.6 Å². The van der Waals surface area contributed by atoms with Crippen molar-refractivity contribution in [2.24, 2.45) is 28.6 Å². The molecule has 7 atom stereocenters. The van der Waals surface area contributed by atoms with Crippen LogP contribution < -0.4 is 0 Å². The number of hydrogen-bond donors (Lipinski definition) is 0. The van der Waals surface area contributed by atoms with E-state index in [1.807, 2.05) is 30.4 Å². The third kappa shape index (κ3) is 2.93. The minimum absolute atomic E-state index is 0.0218. The largest absolute Gasteiger partial charge is 0.462 e. The zero-order valence-corrected chi connectivity index (χ0v) is 19.7. The number of carbonyl (C=O) groups excluding carboxylic acids is 4. The van der Waals surface area contributed by atoms with E-state index in [1.165, 1.54) is 6.92 Å². The number of ether oxygens (including phenoxy) is 2. The Labute approximate surface area is 190 Å². The first kappa shape index (κ1) is 21.6. The fourth-order valence-electron chi connectivity index (χ4n) is 7.19. The van der Waals surface area contributed by atoms with Crippen molar-refractivity contribution in [3.05, 3.63) is 11.6 Å². The Balaban J connectivity index is 1.67. The molecule has 5 aliphatic rings. The summed E-state index contributed by atoms with van der Waals surface area (Å²) >= 11 is 3.64. The Morgan fingerprint density at radius 2 is 1.90 bits per heavy atom. The first-order valence-corrected chi connectivity index (χ1v) is 13.2. The molecule has 168 valence electrons. The molecule has 5 rings (SSSR count). The molecule has 0 radical (unpaired) electrons. The number of esters is 2. The number of carbonyl (C=O) groups is 4. The zero-order chi connectivity index (χ0) is 22.1. The zero-order valence-electron chi connectivity index (χ0n) is 18.1. The topological polar surface area (TPSA) is 86.7 Å². The van der Waals surface area contributed by atoms with Crippen molar-refractivity contribution in [3.8, 4) is 0 Å². The number of Topliss-reactive ketones (excluding diaryl/α,β-unsaturated/α-hetero) is 2. The van der Waals surface area contributed by atoms with Crippen LogP contribution in [0.4, 0.5) is 0 Å². The summed E-state index contributed by atoms with van der Waals surface area (Å²) in [6, 6.07) is 0. The van der Waals surface area contributed by atoms with Crippen LogP contribution in [0.1, 0.15) is 46.5 Å². The molecule has 0 N–H and O–H groups in total. The summed E-state index contributed by atoms with van der Waals surface area (Å²) in [4.78, 5) is 51.8. The number of fused-ring (bicyclic) bond motifs is 5. The van der Waals surface area contributed by atoms with Crippen LogP contribution in [0.2, 0.25) is 0 Å². The standard InChI is InChI=1S/C23H28O6S2/c1-11-7-15(28-12(2)24)14-9-17(25)23(21-30-5-4-6-31-21)10-16-13(8-18(26)29-16)19(23)22(14,3)20(11)27/h7,13-16,19,21H,4-6,8-10H2,1-3H3/t13-,14+,15+,16-,19-,22-,23-/m0/s1. The van der Waals surface area contributed by atoms with Gasteiger partial charge in [-0.2, -0.15) is 0 Å². The molecule has 2 heterocycles. The van der Waals surface area contributed by atoms with Crippen molar-refractivity contribution in [1.82, 2.24) is 0 Å². The van der Waals surface area contributed by atoms with E-state index in [2.05, 4.69) is 0 Å². The highest BCUT2D eigenvalue weighted by molar-refractivity contribution is 8.17. The Kier molecular flexibility index (Phi) is 5.13. The summed E-state index contributed by atoms with van der Waals surface area (Å²) in [6.07, 6.45) is 2.88. The molecule has 2 aliphatic heterocycles. The van der Waals surface area contributed by atoms with E-state index >= 15 is 0 Å². The summed E-state index contributed by atoms with van der Waals surface area (Å²) in [5, 5.41) is 0. The third-order valence-electron chi connectivity index (χ3n) is 8.23. The molecule has 3 aliphatic carbocycles. The predicted molar refractivity (Wildman–Crippen MR) is 117 cm³/mol. The van der Waals surface area contributed by atoms with Crippen LogP contribution in [0.3, 0.4) is 0 Å².